The second-order valence-corrected chi connectivity index (χ2v) is 4.92. The van der Waals surface area contributed by atoms with E-state index in [1.54, 1.807) is 37.3 Å². The quantitative estimate of drug-likeness (QED) is 0.875. The zero-order valence-corrected chi connectivity index (χ0v) is 11.4. The maximum absolute atomic E-state index is 12.5. The average Bonchev–Trinajstić information content (AvgIpc) is 2.37. The van der Waals surface area contributed by atoms with Gasteiger partial charge < -0.3 is 5.11 Å². The van der Waals surface area contributed by atoms with Gasteiger partial charge in [0.25, 0.3) is 0 Å². The summed E-state index contributed by atoms with van der Waals surface area (Å²) in [6, 6.07) is 8.33. The lowest BCUT2D eigenvalue weighted by atomic mass is 9.82. The summed E-state index contributed by atoms with van der Waals surface area (Å²) in [4.78, 5) is 12.6. The highest BCUT2D eigenvalue weighted by Gasteiger charge is 2.39. The van der Waals surface area contributed by atoms with Crippen LogP contribution >= 0.6 is 0 Å². The van der Waals surface area contributed by atoms with Gasteiger partial charge in [0.05, 0.1) is 6.54 Å². The Hall–Kier alpha value is -1.56. The van der Waals surface area contributed by atoms with Gasteiger partial charge in [-0.1, -0.05) is 37.3 Å². The van der Waals surface area contributed by atoms with Crippen molar-refractivity contribution in [2.75, 3.05) is 19.6 Å². The van der Waals surface area contributed by atoms with Gasteiger partial charge in [0.15, 0.2) is 0 Å². The van der Waals surface area contributed by atoms with Gasteiger partial charge in [-0.15, -0.1) is 0 Å². The van der Waals surface area contributed by atoms with Crippen molar-refractivity contribution in [1.82, 2.24) is 4.90 Å². The standard InChI is InChI=1S/C14H18F3NO2/c1-3-18(10-14(15,16)17)9-13(2,12(19)20)11-7-5-4-6-8-11/h4-8H,3,9-10H2,1-2H3,(H,19,20). The van der Waals surface area contributed by atoms with Crippen molar-refractivity contribution >= 4 is 5.97 Å². The molecule has 0 spiro atoms. The van der Waals surface area contributed by atoms with E-state index in [2.05, 4.69) is 0 Å². The van der Waals surface area contributed by atoms with E-state index >= 15 is 0 Å². The lowest BCUT2D eigenvalue weighted by Gasteiger charge is -2.32. The Bertz CT molecular complexity index is 447. The Balaban J connectivity index is 3.00. The van der Waals surface area contributed by atoms with Crippen LogP contribution in [0.25, 0.3) is 0 Å². The van der Waals surface area contributed by atoms with Crippen LogP contribution in [0.3, 0.4) is 0 Å². The smallest absolute Gasteiger partial charge is 0.401 e. The van der Waals surface area contributed by atoms with Gasteiger partial charge in [-0.25, -0.2) is 0 Å². The zero-order valence-electron chi connectivity index (χ0n) is 11.4. The number of halogens is 3. The summed E-state index contributed by atoms with van der Waals surface area (Å²) in [5.74, 6) is -1.13. The first-order valence-electron chi connectivity index (χ1n) is 6.27. The summed E-state index contributed by atoms with van der Waals surface area (Å²) in [6.45, 7) is 1.86. The molecule has 1 unspecified atom stereocenters. The Morgan fingerprint density at radius 2 is 1.75 bits per heavy atom. The number of hydrogen-bond donors (Lipinski definition) is 1. The van der Waals surface area contributed by atoms with E-state index in [1.807, 2.05) is 0 Å². The van der Waals surface area contributed by atoms with Crippen LogP contribution < -0.4 is 0 Å². The molecule has 1 rings (SSSR count). The lowest BCUT2D eigenvalue weighted by molar-refractivity contribution is -0.154. The third-order valence-electron chi connectivity index (χ3n) is 3.27. The first-order valence-corrected chi connectivity index (χ1v) is 6.27. The fourth-order valence-electron chi connectivity index (χ4n) is 2.07. The van der Waals surface area contributed by atoms with Crippen LogP contribution in [0.5, 0.6) is 0 Å². The van der Waals surface area contributed by atoms with Crippen molar-refractivity contribution in [2.24, 2.45) is 0 Å². The fourth-order valence-corrected chi connectivity index (χ4v) is 2.07. The van der Waals surface area contributed by atoms with Gasteiger partial charge in [-0.3, -0.25) is 9.69 Å². The summed E-state index contributed by atoms with van der Waals surface area (Å²) in [5, 5.41) is 9.42. The number of carboxylic acids is 1. The first kappa shape index (κ1) is 16.5. The molecule has 0 aromatic heterocycles. The number of rotatable bonds is 6. The summed E-state index contributed by atoms with van der Waals surface area (Å²) in [5.41, 5.74) is -0.879. The minimum atomic E-state index is -4.34. The maximum Gasteiger partial charge on any atom is 0.401 e. The zero-order chi connectivity index (χ0) is 15.4. The predicted octanol–water partition coefficient (Wildman–Crippen LogP) is 2.91. The van der Waals surface area contributed by atoms with E-state index in [1.165, 1.54) is 6.92 Å². The second kappa shape index (κ2) is 6.26. The number of aliphatic carboxylic acids is 1. The van der Waals surface area contributed by atoms with E-state index in [0.29, 0.717) is 5.56 Å². The van der Waals surface area contributed by atoms with Crippen LogP contribution in [0.1, 0.15) is 19.4 Å². The Morgan fingerprint density at radius 1 is 1.20 bits per heavy atom. The molecule has 0 aliphatic rings. The van der Waals surface area contributed by atoms with Crippen molar-refractivity contribution in [3.05, 3.63) is 35.9 Å². The lowest BCUT2D eigenvalue weighted by Crippen LogP contribution is -2.47. The molecular formula is C14H18F3NO2. The molecule has 3 nitrogen and oxygen atoms in total. The Kier molecular flexibility index (Phi) is 5.16. The highest BCUT2D eigenvalue weighted by Crippen LogP contribution is 2.27. The van der Waals surface area contributed by atoms with Crippen LogP contribution in [-0.2, 0) is 10.2 Å². The van der Waals surface area contributed by atoms with E-state index in [9.17, 15) is 23.1 Å². The summed E-state index contributed by atoms with van der Waals surface area (Å²) >= 11 is 0. The van der Waals surface area contributed by atoms with Gasteiger partial charge in [-0.2, -0.15) is 13.2 Å². The molecule has 0 aliphatic heterocycles. The number of carbonyl (C=O) groups is 1. The van der Waals surface area contributed by atoms with Gasteiger partial charge in [-0.05, 0) is 19.0 Å². The van der Waals surface area contributed by atoms with Gasteiger partial charge in [0.2, 0.25) is 0 Å². The van der Waals surface area contributed by atoms with Crippen molar-refractivity contribution in [2.45, 2.75) is 25.4 Å². The van der Waals surface area contributed by atoms with Crippen LogP contribution in [0.4, 0.5) is 13.2 Å². The first-order chi connectivity index (χ1) is 9.19. The molecule has 0 heterocycles. The molecule has 0 saturated carbocycles. The molecule has 0 bridgehead atoms. The van der Waals surface area contributed by atoms with Crippen LogP contribution in [0.15, 0.2) is 30.3 Å². The molecule has 1 aromatic carbocycles. The number of carboxylic acid groups (broad SMARTS) is 1. The molecule has 1 atom stereocenters. The number of likely N-dealkylation sites (N-methyl/N-ethyl adjacent to an activating group) is 1. The van der Waals surface area contributed by atoms with Gasteiger partial charge in [0.1, 0.15) is 5.41 Å². The molecule has 6 heteroatoms. The average molecular weight is 289 g/mol. The van der Waals surface area contributed by atoms with Gasteiger partial charge >= 0.3 is 12.1 Å². The maximum atomic E-state index is 12.5. The van der Waals surface area contributed by atoms with Crippen molar-refractivity contribution < 1.29 is 23.1 Å². The molecular weight excluding hydrogens is 271 g/mol. The van der Waals surface area contributed by atoms with E-state index in [4.69, 9.17) is 0 Å². The highest BCUT2D eigenvalue weighted by atomic mass is 19.4. The van der Waals surface area contributed by atoms with Crippen LogP contribution in [0, 0.1) is 0 Å². The molecule has 1 aromatic rings. The third kappa shape index (κ3) is 4.23. The number of alkyl halides is 3. The number of nitrogens with zero attached hydrogens (tertiary/aromatic N) is 1. The largest absolute Gasteiger partial charge is 0.481 e. The summed E-state index contributed by atoms with van der Waals surface area (Å²) < 4.78 is 37.4. The molecule has 0 saturated heterocycles. The van der Waals surface area contributed by atoms with Crippen LogP contribution in [-0.4, -0.2) is 41.8 Å². The van der Waals surface area contributed by atoms with Crippen molar-refractivity contribution in [3.8, 4) is 0 Å². The SMILES string of the molecule is CCN(CC(F)(F)F)CC(C)(C(=O)O)c1ccccc1. The minimum absolute atomic E-state index is 0.134. The molecule has 112 valence electrons. The molecule has 0 amide bonds. The van der Waals surface area contributed by atoms with Crippen LogP contribution in [0.2, 0.25) is 0 Å². The fraction of sp³-hybridized carbons (Fsp3) is 0.500. The summed E-state index contributed by atoms with van der Waals surface area (Å²) in [7, 11) is 0. The molecule has 0 fully saturated rings. The normalized spacial score (nSPS) is 15.1. The van der Waals surface area contributed by atoms with Gasteiger partial charge in [0, 0.05) is 6.54 Å². The van der Waals surface area contributed by atoms with Crippen molar-refractivity contribution in [3.63, 3.8) is 0 Å². The minimum Gasteiger partial charge on any atom is -0.481 e. The Morgan fingerprint density at radius 3 is 2.15 bits per heavy atom. The molecule has 20 heavy (non-hydrogen) atoms. The topological polar surface area (TPSA) is 40.5 Å². The molecule has 0 aliphatic carbocycles. The third-order valence-corrected chi connectivity index (χ3v) is 3.27. The molecule has 0 radical (unpaired) electrons. The highest BCUT2D eigenvalue weighted by molar-refractivity contribution is 5.81. The van der Waals surface area contributed by atoms with E-state index in [-0.39, 0.29) is 13.1 Å². The predicted molar refractivity (Wildman–Crippen MR) is 69.6 cm³/mol. The second-order valence-electron chi connectivity index (χ2n) is 4.92. The summed E-state index contributed by atoms with van der Waals surface area (Å²) in [6.07, 6.45) is -4.34. The number of hydrogen-bond acceptors (Lipinski definition) is 2. The van der Waals surface area contributed by atoms with Crippen molar-refractivity contribution in [1.29, 1.82) is 0 Å². The Labute approximate surface area is 116 Å². The number of benzene rings is 1. The van der Waals surface area contributed by atoms with E-state index in [0.717, 1.165) is 4.90 Å². The monoisotopic (exact) mass is 289 g/mol. The van der Waals surface area contributed by atoms with E-state index < -0.39 is 24.1 Å². The molecule has 1 N–H and O–H groups in total.